The Bertz CT molecular complexity index is 746. The molecule has 6 nitrogen and oxygen atoms in total. The number of rotatable bonds is 17. The fourth-order valence-corrected chi connectivity index (χ4v) is 4.63. The highest BCUT2D eigenvalue weighted by molar-refractivity contribution is 7.92. The third kappa shape index (κ3) is 11.5. The van der Waals surface area contributed by atoms with Crippen LogP contribution in [0.5, 0.6) is 0 Å². The number of aliphatic carboxylic acids is 1. The highest BCUT2D eigenvalue weighted by Crippen LogP contribution is 2.25. The normalized spacial score (nSPS) is 14.6. The highest BCUT2D eigenvalue weighted by atomic mass is 32.2. The smallest absolute Gasteiger partial charge is 0.335 e. The summed E-state index contributed by atoms with van der Waals surface area (Å²) in [6, 6.07) is 5.85. The molecular formula is C25H36O6S. The number of hydrogen-bond acceptors (Lipinski definition) is 4. The molecule has 7 heteroatoms. The summed E-state index contributed by atoms with van der Waals surface area (Å²) in [6.07, 6.45) is 15.3. The van der Waals surface area contributed by atoms with E-state index in [2.05, 4.69) is 6.92 Å². The van der Waals surface area contributed by atoms with Crippen molar-refractivity contribution in [1.82, 2.24) is 0 Å². The van der Waals surface area contributed by atoms with Gasteiger partial charge in [-0.05, 0) is 47.8 Å². The molecule has 0 fully saturated rings. The first-order valence-electron chi connectivity index (χ1n) is 11.3. The number of unbranched alkanes of at least 4 members (excludes halogenated alkanes) is 7. The lowest BCUT2D eigenvalue weighted by Gasteiger charge is -2.23. The van der Waals surface area contributed by atoms with Gasteiger partial charge in [0.15, 0.2) is 5.25 Å². The van der Waals surface area contributed by atoms with Gasteiger partial charge < -0.3 is 19.9 Å². The second kappa shape index (κ2) is 16.5. The Morgan fingerprint density at radius 2 is 1.75 bits per heavy atom. The predicted octanol–water partition coefficient (Wildman–Crippen LogP) is 5.26. The molecule has 0 heterocycles. The SMILES string of the molecule is CCCCCCCCC/C=C\C=C\[C@H]([C@@H](O)c1cccc(C(=O)O)c1)[S+]([O-])CCC(=O)O. The van der Waals surface area contributed by atoms with Crippen molar-refractivity contribution in [3.05, 3.63) is 59.7 Å². The quantitative estimate of drug-likeness (QED) is 0.164. The van der Waals surface area contributed by atoms with Crippen LogP contribution in [0.4, 0.5) is 0 Å². The summed E-state index contributed by atoms with van der Waals surface area (Å²) < 4.78 is 12.7. The largest absolute Gasteiger partial charge is 0.616 e. The Hall–Kier alpha value is -2.09. The molecule has 0 aliphatic carbocycles. The van der Waals surface area contributed by atoms with E-state index in [0.717, 1.165) is 12.8 Å². The van der Waals surface area contributed by atoms with E-state index in [1.54, 1.807) is 18.2 Å². The van der Waals surface area contributed by atoms with E-state index in [0.29, 0.717) is 5.56 Å². The number of carbonyl (C=O) groups is 2. The first-order chi connectivity index (χ1) is 15.4. The number of aliphatic hydroxyl groups is 1. The summed E-state index contributed by atoms with van der Waals surface area (Å²) in [5.74, 6) is -2.27. The van der Waals surface area contributed by atoms with Gasteiger partial charge in [-0.2, -0.15) is 0 Å². The maximum absolute atomic E-state index is 12.7. The standard InChI is InChI=1S/C25H36O6S/c1-2-3-4-5-6-7-8-9-10-11-12-16-22(32(31)18-17-23(26)27)24(28)20-14-13-15-21(19-20)25(29)30/h10-16,19,22,24,28H,2-9,17-18H2,1H3,(H,26,27)(H,29,30)/b11-10-,16-12+/t22-,24+,32?/m1/s1. The molecule has 0 bridgehead atoms. The van der Waals surface area contributed by atoms with Crippen molar-refractivity contribution in [2.75, 3.05) is 5.75 Å². The number of carboxylic acid groups (broad SMARTS) is 2. The zero-order chi connectivity index (χ0) is 23.8. The summed E-state index contributed by atoms with van der Waals surface area (Å²) >= 11 is -1.64. The van der Waals surface area contributed by atoms with Crippen LogP contribution in [-0.4, -0.2) is 42.8 Å². The van der Waals surface area contributed by atoms with Crippen LogP contribution in [0.15, 0.2) is 48.6 Å². The molecule has 3 atom stereocenters. The molecule has 1 rings (SSSR count). The van der Waals surface area contributed by atoms with Crippen molar-refractivity contribution in [2.45, 2.75) is 76.1 Å². The van der Waals surface area contributed by atoms with Crippen molar-refractivity contribution in [3.63, 3.8) is 0 Å². The number of aromatic carboxylic acids is 1. The minimum Gasteiger partial charge on any atom is -0.616 e. The van der Waals surface area contributed by atoms with Crippen LogP contribution in [-0.2, 0) is 16.0 Å². The minimum absolute atomic E-state index is 0.0233. The molecule has 0 aliphatic rings. The zero-order valence-electron chi connectivity index (χ0n) is 18.8. The Balaban J connectivity index is 2.70. The van der Waals surface area contributed by atoms with Crippen molar-refractivity contribution < 1.29 is 29.5 Å². The van der Waals surface area contributed by atoms with Crippen LogP contribution < -0.4 is 0 Å². The average molecular weight is 465 g/mol. The van der Waals surface area contributed by atoms with Gasteiger partial charge in [0.05, 0.1) is 12.0 Å². The molecule has 3 N–H and O–H groups in total. The lowest BCUT2D eigenvalue weighted by atomic mass is 10.0. The third-order valence-corrected chi connectivity index (χ3v) is 6.76. The van der Waals surface area contributed by atoms with Gasteiger partial charge in [-0.15, -0.1) is 0 Å². The molecule has 1 unspecified atom stereocenters. The number of aliphatic hydroxyl groups excluding tert-OH is 1. The van der Waals surface area contributed by atoms with Crippen molar-refractivity contribution in [3.8, 4) is 0 Å². The zero-order valence-corrected chi connectivity index (χ0v) is 19.6. The van der Waals surface area contributed by atoms with E-state index < -0.39 is 34.5 Å². The van der Waals surface area contributed by atoms with Crippen LogP contribution in [0.25, 0.3) is 0 Å². The van der Waals surface area contributed by atoms with Gasteiger partial charge in [0, 0.05) is 0 Å². The fraction of sp³-hybridized carbons (Fsp3) is 0.520. The van der Waals surface area contributed by atoms with Crippen LogP contribution in [0.1, 0.15) is 86.7 Å². The molecule has 0 aromatic heterocycles. The molecule has 0 saturated heterocycles. The topological polar surface area (TPSA) is 118 Å². The van der Waals surface area contributed by atoms with Gasteiger partial charge in [0.1, 0.15) is 11.9 Å². The van der Waals surface area contributed by atoms with E-state index in [1.807, 2.05) is 12.2 Å². The van der Waals surface area contributed by atoms with Gasteiger partial charge in [-0.25, -0.2) is 4.79 Å². The molecule has 0 amide bonds. The monoisotopic (exact) mass is 464 g/mol. The summed E-state index contributed by atoms with van der Waals surface area (Å²) in [5.41, 5.74) is 0.352. The molecule has 1 aromatic carbocycles. The Kier molecular flexibility index (Phi) is 14.4. The average Bonchev–Trinajstić information content (AvgIpc) is 2.78. The van der Waals surface area contributed by atoms with E-state index in [-0.39, 0.29) is 17.7 Å². The molecule has 0 radical (unpaired) electrons. The number of benzene rings is 1. The second-order valence-corrected chi connectivity index (χ2v) is 9.51. The molecule has 0 spiro atoms. The van der Waals surface area contributed by atoms with Crippen molar-refractivity contribution in [2.24, 2.45) is 0 Å². The van der Waals surface area contributed by atoms with E-state index >= 15 is 0 Å². The minimum atomic E-state index is -1.64. The Morgan fingerprint density at radius 1 is 1.06 bits per heavy atom. The van der Waals surface area contributed by atoms with E-state index in [9.17, 15) is 24.4 Å². The fourth-order valence-electron chi connectivity index (χ4n) is 3.27. The molecule has 1 aromatic rings. The van der Waals surface area contributed by atoms with Crippen LogP contribution in [0.3, 0.4) is 0 Å². The lowest BCUT2D eigenvalue weighted by Crippen LogP contribution is -2.30. The van der Waals surface area contributed by atoms with Crippen molar-refractivity contribution in [1.29, 1.82) is 0 Å². The maximum Gasteiger partial charge on any atom is 0.335 e. The highest BCUT2D eigenvalue weighted by Gasteiger charge is 2.30. The molecule has 32 heavy (non-hydrogen) atoms. The van der Waals surface area contributed by atoms with Crippen LogP contribution in [0.2, 0.25) is 0 Å². The number of allylic oxidation sites excluding steroid dienone is 3. The van der Waals surface area contributed by atoms with E-state index in [1.165, 1.54) is 56.7 Å². The van der Waals surface area contributed by atoms with Gasteiger partial charge in [-0.3, -0.25) is 4.79 Å². The number of hydrogen-bond donors (Lipinski definition) is 3. The molecule has 0 aliphatic heterocycles. The molecular weight excluding hydrogens is 428 g/mol. The van der Waals surface area contributed by atoms with Crippen LogP contribution in [0, 0.1) is 0 Å². The van der Waals surface area contributed by atoms with E-state index in [4.69, 9.17) is 5.11 Å². The lowest BCUT2D eigenvalue weighted by molar-refractivity contribution is -0.136. The second-order valence-electron chi connectivity index (χ2n) is 7.79. The summed E-state index contributed by atoms with van der Waals surface area (Å²) in [4.78, 5) is 22.1. The number of carboxylic acids is 2. The summed E-state index contributed by atoms with van der Waals surface area (Å²) in [6.45, 7) is 2.21. The van der Waals surface area contributed by atoms with Gasteiger partial charge in [0.25, 0.3) is 0 Å². The first-order valence-corrected chi connectivity index (χ1v) is 12.7. The molecule has 178 valence electrons. The predicted molar refractivity (Wildman–Crippen MR) is 128 cm³/mol. The van der Waals surface area contributed by atoms with Gasteiger partial charge in [0.2, 0.25) is 0 Å². The Labute approximate surface area is 194 Å². The van der Waals surface area contributed by atoms with Gasteiger partial charge in [-0.1, -0.05) is 75.8 Å². The van der Waals surface area contributed by atoms with Gasteiger partial charge >= 0.3 is 11.9 Å². The summed E-state index contributed by atoms with van der Waals surface area (Å²) in [5, 5.41) is 28.0. The molecule has 0 saturated carbocycles. The first kappa shape index (κ1) is 27.9. The summed E-state index contributed by atoms with van der Waals surface area (Å²) in [7, 11) is 0. The maximum atomic E-state index is 12.7. The van der Waals surface area contributed by atoms with Crippen LogP contribution >= 0.6 is 0 Å². The Morgan fingerprint density at radius 3 is 2.41 bits per heavy atom. The third-order valence-electron chi connectivity index (χ3n) is 5.13. The van der Waals surface area contributed by atoms with Crippen molar-refractivity contribution >= 4 is 23.1 Å².